The zero-order valence-corrected chi connectivity index (χ0v) is 11.7. The van der Waals surface area contributed by atoms with Crippen molar-refractivity contribution in [3.63, 3.8) is 0 Å². The summed E-state index contributed by atoms with van der Waals surface area (Å²) < 4.78 is 5.60. The molecule has 0 spiro atoms. The van der Waals surface area contributed by atoms with Gasteiger partial charge < -0.3 is 10.1 Å². The van der Waals surface area contributed by atoms with Crippen molar-refractivity contribution in [1.29, 1.82) is 0 Å². The third-order valence-corrected chi connectivity index (χ3v) is 2.33. The van der Waals surface area contributed by atoms with Crippen LogP contribution < -0.4 is 5.32 Å². The number of hydrogen-bond donors (Lipinski definition) is 1. The summed E-state index contributed by atoms with van der Waals surface area (Å²) >= 11 is 0. The smallest absolute Gasteiger partial charge is 0.0717 e. The lowest BCUT2D eigenvalue weighted by molar-refractivity contribution is 0.0996. The van der Waals surface area contributed by atoms with Gasteiger partial charge in [0.2, 0.25) is 0 Å². The highest BCUT2D eigenvalue weighted by molar-refractivity contribution is 5.13. The lowest BCUT2D eigenvalue weighted by atomic mass is 10.2. The predicted octanol–water partition coefficient (Wildman–Crippen LogP) is 3.86. The maximum absolute atomic E-state index is 5.60. The van der Waals surface area contributed by atoms with Crippen molar-refractivity contribution in [2.24, 2.45) is 0 Å². The monoisotopic (exact) mass is 239 g/mol. The first-order valence-corrected chi connectivity index (χ1v) is 6.57. The van der Waals surface area contributed by atoms with Gasteiger partial charge in [-0.25, -0.2) is 0 Å². The summed E-state index contributed by atoms with van der Waals surface area (Å²) in [5.41, 5.74) is 1.23. The van der Waals surface area contributed by atoms with Crippen LogP contribution in [0.2, 0.25) is 0 Å². The average molecular weight is 239 g/mol. The van der Waals surface area contributed by atoms with Crippen molar-refractivity contribution < 1.29 is 6.16 Å². The third kappa shape index (κ3) is 8.90. The summed E-state index contributed by atoms with van der Waals surface area (Å²) in [7, 11) is 1.97. The van der Waals surface area contributed by atoms with E-state index in [1.165, 1.54) is 12.0 Å². The van der Waals surface area contributed by atoms with E-state index >= 15 is 0 Å². The van der Waals surface area contributed by atoms with Crippen LogP contribution in [0.25, 0.3) is 0 Å². The van der Waals surface area contributed by atoms with Crippen LogP contribution in [0.1, 0.15) is 40.6 Å². The van der Waals surface area contributed by atoms with Crippen LogP contribution in [-0.4, -0.2) is 19.7 Å². The second-order valence-corrected chi connectivity index (χ2v) is 4.10. The summed E-state index contributed by atoms with van der Waals surface area (Å²) in [5.74, 6) is 0. The molecule has 0 radical (unpaired) electrons. The highest BCUT2D eigenvalue weighted by Gasteiger charge is 2.01. The van der Waals surface area contributed by atoms with Gasteiger partial charge >= 0.3 is 0 Å². The molecular formula is C15H29NO. The summed E-state index contributed by atoms with van der Waals surface area (Å²) in [4.78, 5) is 0. The van der Waals surface area contributed by atoms with E-state index < -0.39 is 0 Å². The van der Waals surface area contributed by atoms with Gasteiger partial charge in [-0.2, -0.15) is 0 Å². The van der Waals surface area contributed by atoms with Crippen LogP contribution in [-0.2, 0) is 11.3 Å². The Balaban J connectivity index is 0. The molecule has 0 aromatic heterocycles. The van der Waals surface area contributed by atoms with E-state index in [2.05, 4.69) is 38.2 Å². The first-order chi connectivity index (χ1) is 8.28. The van der Waals surface area contributed by atoms with E-state index in [0.29, 0.717) is 12.6 Å². The van der Waals surface area contributed by atoms with Gasteiger partial charge in [0.25, 0.3) is 0 Å². The summed E-state index contributed by atoms with van der Waals surface area (Å²) in [6, 6.07) is 10.7. The van der Waals surface area contributed by atoms with Crippen molar-refractivity contribution in [1.82, 2.24) is 5.32 Å². The molecular weight excluding hydrogens is 210 g/mol. The van der Waals surface area contributed by atoms with Crippen LogP contribution in [0.4, 0.5) is 0 Å². The standard InChI is InChI=1S/C12H19NO.C3H8.H2/c1-3-12(13-2)10-14-9-11-7-5-4-6-8-11;1-3-2;/h4-8,12-13H,3,9-10H2,1-2H3;3H2,1-2H3;1H/t12-;;/m1../s1. The van der Waals surface area contributed by atoms with Crippen molar-refractivity contribution >= 4 is 0 Å². The van der Waals surface area contributed by atoms with Crippen molar-refractivity contribution in [3.8, 4) is 0 Å². The van der Waals surface area contributed by atoms with Crippen molar-refractivity contribution in [2.75, 3.05) is 13.7 Å². The Labute approximate surface area is 108 Å². The summed E-state index contributed by atoms with van der Waals surface area (Å²) in [6.07, 6.45) is 2.35. The topological polar surface area (TPSA) is 21.3 Å². The zero-order valence-electron chi connectivity index (χ0n) is 11.7. The van der Waals surface area contributed by atoms with E-state index in [4.69, 9.17) is 4.74 Å². The SMILES string of the molecule is CCC.CC[C@H](COCc1ccccc1)NC.[HH]. The number of benzene rings is 1. The highest BCUT2D eigenvalue weighted by atomic mass is 16.5. The molecule has 1 aromatic carbocycles. The van der Waals surface area contributed by atoms with Gasteiger partial charge in [-0.05, 0) is 19.0 Å². The number of rotatable bonds is 6. The molecule has 100 valence electrons. The molecule has 1 atom stereocenters. The molecule has 1 aromatic rings. The Morgan fingerprint density at radius 3 is 2.24 bits per heavy atom. The average Bonchev–Trinajstić information content (AvgIpc) is 2.37. The predicted molar refractivity (Wildman–Crippen MR) is 77.3 cm³/mol. The van der Waals surface area contributed by atoms with Crippen LogP contribution in [0, 0.1) is 0 Å². The normalized spacial score (nSPS) is 11.5. The molecule has 17 heavy (non-hydrogen) atoms. The lowest BCUT2D eigenvalue weighted by Crippen LogP contribution is -2.29. The van der Waals surface area contributed by atoms with Crippen LogP contribution in [0.15, 0.2) is 30.3 Å². The molecule has 0 fully saturated rings. The quantitative estimate of drug-likeness (QED) is 0.814. The molecule has 2 heteroatoms. The fourth-order valence-electron chi connectivity index (χ4n) is 1.30. The second kappa shape index (κ2) is 11.6. The molecule has 0 bridgehead atoms. The number of ether oxygens (including phenoxy) is 1. The van der Waals surface area contributed by atoms with Gasteiger partial charge in [0, 0.05) is 7.47 Å². The molecule has 2 nitrogen and oxygen atoms in total. The second-order valence-electron chi connectivity index (χ2n) is 4.10. The molecule has 0 amide bonds. The number of likely N-dealkylation sites (N-methyl/N-ethyl adjacent to an activating group) is 1. The molecule has 0 aliphatic rings. The number of hydrogen-bond acceptors (Lipinski definition) is 2. The first-order valence-electron chi connectivity index (χ1n) is 6.57. The van der Waals surface area contributed by atoms with Gasteiger partial charge in [0.1, 0.15) is 0 Å². The molecule has 1 N–H and O–H groups in total. The van der Waals surface area contributed by atoms with E-state index in [0.717, 1.165) is 13.0 Å². The molecule has 0 heterocycles. The van der Waals surface area contributed by atoms with Crippen LogP contribution in [0.3, 0.4) is 0 Å². The van der Waals surface area contributed by atoms with Gasteiger partial charge in [-0.3, -0.25) is 0 Å². The summed E-state index contributed by atoms with van der Waals surface area (Å²) in [6.45, 7) is 7.90. The van der Waals surface area contributed by atoms with E-state index in [9.17, 15) is 0 Å². The minimum absolute atomic E-state index is 0. The van der Waals surface area contributed by atoms with Gasteiger partial charge in [0.05, 0.1) is 13.2 Å². The maximum atomic E-state index is 5.60. The molecule has 0 saturated carbocycles. The Kier molecular flexibility index (Phi) is 11.0. The minimum atomic E-state index is 0. The highest BCUT2D eigenvalue weighted by Crippen LogP contribution is 2.01. The maximum Gasteiger partial charge on any atom is 0.0717 e. The van der Waals surface area contributed by atoms with Crippen LogP contribution >= 0.6 is 0 Å². The third-order valence-electron chi connectivity index (χ3n) is 2.33. The van der Waals surface area contributed by atoms with Crippen molar-refractivity contribution in [3.05, 3.63) is 35.9 Å². The first kappa shape index (κ1) is 16.1. The molecule has 0 aliphatic carbocycles. The van der Waals surface area contributed by atoms with E-state index in [1.54, 1.807) is 0 Å². The Hall–Kier alpha value is -0.860. The largest absolute Gasteiger partial charge is 0.375 e. The van der Waals surface area contributed by atoms with Gasteiger partial charge in [-0.1, -0.05) is 57.5 Å². The zero-order chi connectivity index (χ0) is 12.9. The fourth-order valence-corrected chi connectivity index (χ4v) is 1.30. The van der Waals surface area contributed by atoms with Crippen LogP contribution in [0.5, 0.6) is 0 Å². The van der Waals surface area contributed by atoms with E-state index in [-0.39, 0.29) is 1.43 Å². The lowest BCUT2D eigenvalue weighted by Gasteiger charge is -2.13. The Morgan fingerprint density at radius 2 is 1.76 bits per heavy atom. The van der Waals surface area contributed by atoms with E-state index in [1.807, 2.05) is 25.2 Å². The molecule has 0 saturated heterocycles. The molecule has 0 unspecified atom stereocenters. The number of nitrogens with one attached hydrogen (secondary N) is 1. The summed E-state index contributed by atoms with van der Waals surface area (Å²) in [5, 5.41) is 3.21. The fraction of sp³-hybridized carbons (Fsp3) is 0.600. The van der Waals surface area contributed by atoms with Gasteiger partial charge in [-0.15, -0.1) is 0 Å². The van der Waals surface area contributed by atoms with Crippen molar-refractivity contribution in [2.45, 2.75) is 46.3 Å². The Morgan fingerprint density at radius 1 is 1.18 bits per heavy atom. The molecule has 0 aliphatic heterocycles. The minimum Gasteiger partial charge on any atom is -0.375 e. The Bertz CT molecular complexity index is 250. The molecule has 1 rings (SSSR count). The van der Waals surface area contributed by atoms with Gasteiger partial charge in [0.15, 0.2) is 0 Å².